The van der Waals surface area contributed by atoms with E-state index in [0.29, 0.717) is 48.0 Å². The number of benzene rings is 3. The predicted molar refractivity (Wildman–Crippen MR) is 141 cm³/mol. The standard InChI is InChI=1S/C28H22ClF2N3O4/c29-18-3-1-17(2-4-18)26(35)16-32-9-11-33(12-10-32)25-14-24-21(13-23(25)31)27(36)22(28(37)38)15-34(24)20-7-5-19(30)6-8-20/h1-8,13-15H,9-12,16H2,(H,37,38). The minimum Gasteiger partial charge on any atom is -0.477 e. The monoisotopic (exact) mass is 537 g/mol. The van der Waals surface area contributed by atoms with Crippen molar-refractivity contribution in [3.63, 3.8) is 0 Å². The first kappa shape index (κ1) is 25.6. The molecule has 4 aromatic rings. The molecule has 1 fully saturated rings. The van der Waals surface area contributed by atoms with Gasteiger partial charge in [0.2, 0.25) is 5.43 Å². The Kier molecular flexibility index (Phi) is 6.96. The van der Waals surface area contributed by atoms with Gasteiger partial charge in [0.1, 0.15) is 17.2 Å². The van der Waals surface area contributed by atoms with E-state index in [1.807, 2.05) is 9.80 Å². The van der Waals surface area contributed by atoms with Crippen LogP contribution in [-0.2, 0) is 0 Å². The Bertz CT molecular complexity index is 1600. The summed E-state index contributed by atoms with van der Waals surface area (Å²) >= 11 is 5.89. The number of rotatable bonds is 6. The zero-order chi connectivity index (χ0) is 27.0. The fourth-order valence-electron chi connectivity index (χ4n) is 4.62. The summed E-state index contributed by atoms with van der Waals surface area (Å²) in [6.07, 6.45) is 1.17. The summed E-state index contributed by atoms with van der Waals surface area (Å²) in [5.74, 6) is -2.61. The number of carbonyl (C=O) groups excluding carboxylic acids is 1. The Morgan fingerprint density at radius 2 is 1.58 bits per heavy atom. The van der Waals surface area contributed by atoms with Gasteiger partial charge in [0, 0.05) is 54.0 Å². The van der Waals surface area contributed by atoms with Gasteiger partial charge >= 0.3 is 5.97 Å². The largest absolute Gasteiger partial charge is 0.477 e. The highest BCUT2D eigenvalue weighted by Crippen LogP contribution is 2.28. The van der Waals surface area contributed by atoms with E-state index in [2.05, 4.69) is 0 Å². The third kappa shape index (κ3) is 5.03. The summed E-state index contributed by atoms with van der Waals surface area (Å²) in [5.41, 5.74) is 0.205. The van der Waals surface area contributed by atoms with Crippen LogP contribution in [0.1, 0.15) is 20.7 Å². The summed E-state index contributed by atoms with van der Waals surface area (Å²) < 4.78 is 30.3. The normalized spacial score (nSPS) is 14.1. The van der Waals surface area contributed by atoms with E-state index in [1.165, 1.54) is 41.1 Å². The van der Waals surface area contributed by atoms with Crippen LogP contribution in [0.2, 0.25) is 5.02 Å². The molecule has 3 aromatic carbocycles. The quantitative estimate of drug-likeness (QED) is 0.361. The summed E-state index contributed by atoms with van der Waals surface area (Å²) in [7, 11) is 0. The van der Waals surface area contributed by atoms with Crippen molar-refractivity contribution >= 4 is 39.9 Å². The zero-order valence-corrected chi connectivity index (χ0v) is 20.8. The maximum Gasteiger partial charge on any atom is 0.341 e. The number of fused-ring (bicyclic) bond motifs is 1. The van der Waals surface area contributed by atoms with Crippen molar-refractivity contribution in [2.24, 2.45) is 0 Å². The van der Waals surface area contributed by atoms with Crippen molar-refractivity contribution < 1.29 is 23.5 Å². The molecule has 5 rings (SSSR count). The average molecular weight is 538 g/mol. The lowest BCUT2D eigenvalue weighted by Crippen LogP contribution is -2.48. The number of halogens is 3. The SMILES string of the molecule is O=C(CN1CCN(c2cc3c(cc2F)c(=O)c(C(=O)O)cn3-c2ccc(F)cc2)CC1)c1ccc(Cl)cc1. The lowest BCUT2D eigenvalue weighted by molar-refractivity contribution is 0.0694. The first-order chi connectivity index (χ1) is 18.2. The smallest absolute Gasteiger partial charge is 0.341 e. The summed E-state index contributed by atoms with van der Waals surface area (Å²) in [4.78, 5) is 41.0. The Balaban J connectivity index is 1.44. The molecule has 1 aliphatic rings. The van der Waals surface area contributed by atoms with Gasteiger partial charge in [0.15, 0.2) is 5.78 Å². The fraction of sp³-hybridized carbons (Fsp3) is 0.179. The van der Waals surface area contributed by atoms with E-state index in [-0.39, 0.29) is 23.4 Å². The van der Waals surface area contributed by atoms with E-state index in [4.69, 9.17) is 11.6 Å². The maximum absolute atomic E-state index is 15.3. The Hall–Kier alpha value is -4.08. The second kappa shape index (κ2) is 10.4. The topological polar surface area (TPSA) is 82.8 Å². The van der Waals surface area contributed by atoms with Crippen molar-refractivity contribution in [3.8, 4) is 5.69 Å². The molecule has 0 radical (unpaired) electrons. The summed E-state index contributed by atoms with van der Waals surface area (Å²) in [5, 5.41) is 9.99. The van der Waals surface area contributed by atoms with Gasteiger partial charge in [-0.15, -0.1) is 0 Å². The third-order valence-corrected chi connectivity index (χ3v) is 6.91. The van der Waals surface area contributed by atoms with Crippen LogP contribution in [0.5, 0.6) is 0 Å². The van der Waals surface area contributed by atoms with Gasteiger partial charge in [-0.2, -0.15) is 0 Å². The van der Waals surface area contributed by atoms with Crippen LogP contribution in [-0.4, -0.2) is 59.0 Å². The molecule has 0 aliphatic carbocycles. The van der Waals surface area contributed by atoms with E-state index in [0.717, 1.165) is 6.07 Å². The Morgan fingerprint density at radius 1 is 0.921 bits per heavy atom. The molecule has 0 atom stereocenters. The molecule has 0 spiro atoms. The lowest BCUT2D eigenvalue weighted by atomic mass is 10.1. The second-order valence-corrected chi connectivity index (χ2v) is 9.47. The highest BCUT2D eigenvalue weighted by Gasteiger charge is 2.24. The van der Waals surface area contributed by atoms with Crippen LogP contribution in [0.15, 0.2) is 71.7 Å². The van der Waals surface area contributed by atoms with Crippen molar-refractivity contribution in [3.05, 3.63) is 105 Å². The number of nitrogens with zero attached hydrogens (tertiary/aromatic N) is 3. The number of aromatic carboxylic acids is 1. The molecule has 10 heteroatoms. The molecule has 2 heterocycles. The molecule has 0 amide bonds. The fourth-order valence-corrected chi connectivity index (χ4v) is 4.75. The van der Waals surface area contributed by atoms with Gasteiger partial charge in [-0.25, -0.2) is 13.6 Å². The summed E-state index contributed by atoms with van der Waals surface area (Å²) in [6.45, 7) is 2.12. The Labute approximate surface area is 221 Å². The Morgan fingerprint density at radius 3 is 2.21 bits per heavy atom. The van der Waals surface area contributed by atoms with Gasteiger partial charge in [-0.05, 0) is 60.7 Å². The number of pyridine rings is 1. The first-order valence-corrected chi connectivity index (χ1v) is 12.2. The number of ketones is 1. The van der Waals surface area contributed by atoms with E-state index < -0.39 is 28.6 Å². The van der Waals surface area contributed by atoms with E-state index in [1.54, 1.807) is 24.3 Å². The van der Waals surface area contributed by atoms with Gasteiger partial charge in [-0.1, -0.05) is 11.6 Å². The van der Waals surface area contributed by atoms with Crippen LogP contribution in [0.4, 0.5) is 14.5 Å². The molecule has 0 saturated carbocycles. The van der Waals surface area contributed by atoms with Crippen LogP contribution < -0.4 is 10.3 Å². The van der Waals surface area contributed by atoms with Gasteiger partial charge in [0.25, 0.3) is 0 Å². The molecule has 1 N–H and O–H groups in total. The molecule has 0 bridgehead atoms. The number of Topliss-reactive ketones (excluding diaryl/α,β-unsaturated/α-hetero) is 1. The average Bonchev–Trinajstić information content (AvgIpc) is 2.90. The lowest BCUT2D eigenvalue weighted by Gasteiger charge is -2.36. The number of hydrogen-bond donors (Lipinski definition) is 1. The van der Waals surface area contributed by atoms with Gasteiger partial charge in [-0.3, -0.25) is 14.5 Å². The minimum atomic E-state index is -1.44. The van der Waals surface area contributed by atoms with Crippen LogP contribution in [0, 0.1) is 11.6 Å². The molecule has 1 aliphatic heterocycles. The van der Waals surface area contributed by atoms with Gasteiger partial charge in [0.05, 0.1) is 17.7 Å². The number of carboxylic acid groups (broad SMARTS) is 1. The number of anilines is 1. The van der Waals surface area contributed by atoms with E-state index >= 15 is 4.39 Å². The number of hydrogen-bond acceptors (Lipinski definition) is 5. The molecule has 1 saturated heterocycles. The van der Waals surface area contributed by atoms with Crippen molar-refractivity contribution in [2.45, 2.75) is 0 Å². The first-order valence-electron chi connectivity index (χ1n) is 11.9. The molecule has 7 nitrogen and oxygen atoms in total. The predicted octanol–water partition coefficient (Wildman–Crippen LogP) is 4.63. The van der Waals surface area contributed by atoms with Crippen molar-refractivity contribution in [1.29, 1.82) is 0 Å². The van der Waals surface area contributed by atoms with Crippen molar-refractivity contribution in [1.82, 2.24) is 9.47 Å². The molecular formula is C28H22ClF2N3O4. The molecular weight excluding hydrogens is 516 g/mol. The van der Waals surface area contributed by atoms with E-state index in [9.17, 15) is 23.9 Å². The maximum atomic E-state index is 15.3. The molecule has 0 unspecified atom stereocenters. The number of aromatic nitrogens is 1. The number of piperazine rings is 1. The van der Waals surface area contributed by atoms with Gasteiger partial charge < -0.3 is 14.6 Å². The van der Waals surface area contributed by atoms with Crippen molar-refractivity contribution in [2.75, 3.05) is 37.6 Å². The summed E-state index contributed by atoms with van der Waals surface area (Å²) in [6, 6.07) is 14.6. The highest BCUT2D eigenvalue weighted by atomic mass is 35.5. The molecule has 194 valence electrons. The van der Waals surface area contributed by atoms with Crippen LogP contribution in [0.3, 0.4) is 0 Å². The molecule has 1 aromatic heterocycles. The number of carboxylic acids is 1. The minimum absolute atomic E-state index is 0.0375. The number of carbonyl (C=O) groups is 2. The zero-order valence-electron chi connectivity index (χ0n) is 20.0. The third-order valence-electron chi connectivity index (χ3n) is 6.65. The highest BCUT2D eigenvalue weighted by molar-refractivity contribution is 6.30. The second-order valence-electron chi connectivity index (χ2n) is 9.04. The van der Waals surface area contributed by atoms with Crippen LogP contribution >= 0.6 is 11.6 Å². The van der Waals surface area contributed by atoms with Crippen LogP contribution in [0.25, 0.3) is 16.6 Å². The molecule has 38 heavy (non-hydrogen) atoms.